The SMILES string of the molecule is CCCCCCCCCCCCCCCC/C=C/[C@@H](O)[C@H](COP(=O)([O-])OCC[N+](C)(C)C)NC(=O)CCCCCCCCCCCCCCCCCCCCCCCCC. The lowest BCUT2D eigenvalue weighted by Gasteiger charge is -2.29. The number of rotatable bonds is 49. The Hall–Kier alpha value is -0.760. The van der Waals surface area contributed by atoms with Crippen molar-refractivity contribution >= 4 is 13.7 Å². The fourth-order valence-corrected chi connectivity index (χ4v) is 8.76. The minimum atomic E-state index is -4.59. The van der Waals surface area contributed by atoms with Crippen molar-refractivity contribution in [1.29, 1.82) is 0 Å². The van der Waals surface area contributed by atoms with Gasteiger partial charge in [0.05, 0.1) is 39.9 Å². The lowest BCUT2D eigenvalue weighted by molar-refractivity contribution is -0.870. The number of phosphoric acid groups is 1. The third-order valence-corrected chi connectivity index (χ3v) is 13.2. The number of carbonyl (C=O) groups excluding carboxylic acids is 1. The minimum absolute atomic E-state index is 0.00247. The van der Waals surface area contributed by atoms with Gasteiger partial charge in [0.25, 0.3) is 7.82 Å². The van der Waals surface area contributed by atoms with Crippen molar-refractivity contribution in [2.45, 2.75) is 276 Å². The van der Waals surface area contributed by atoms with Crippen LogP contribution in [-0.2, 0) is 18.4 Å². The van der Waals surface area contributed by atoms with Gasteiger partial charge in [-0.1, -0.05) is 251 Å². The zero-order valence-electron chi connectivity index (χ0n) is 41.4. The van der Waals surface area contributed by atoms with E-state index in [0.29, 0.717) is 17.4 Å². The normalized spacial score (nSPS) is 14.1. The lowest BCUT2D eigenvalue weighted by atomic mass is 10.0. The van der Waals surface area contributed by atoms with E-state index in [2.05, 4.69) is 19.2 Å². The van der Waals surface area contributed by atoms with Crippen LogP contribution in [0.4, 0.5) is 0 Å². The number of unbranched alkanes of at least 4 members (excludes halogenated alkanes) is 36. The van der Waals surface area contributed by atoms with Crippen LogP contribution in [0.5, 0.6) is 0 Å². The zero-order valence-corrected chi connectivity index (χ0v) is 42.3. The zero-order chi connectivity index (χ0) is 45.0. The van der Waals surface area contributed by atoms with Crippen molar-refractivity contribution in [3.05, 3.63) is 12.2 Å². The predicted molar refractivity (Wildman–Crippen MR) is 261 cm³/mol. The molecule has 0 rings (SSSR count). The first kappa shape index (κ1) is 60.2. The van der Waals surface area contributed by atoms with Crippen LogP contribution in [0.25, 0.3) is 0 Å². The summed E-state index contributed by atoms with van der Waals surface area (Å²) in [4.78, 5) is 25.4. The smallest absolute Gasteiger partial charge is 0.268 e. The van der Waals surface area contributed by atoms with Crippen molar-refractivity contribution in [1.82, 2.24) is 5.32 Å². The second kappa shape index (κ2) is 44.4. The van der Waals surface area contributed by atoms with E-state index in [1.54, 1.807) is 6.08 Å². The first-order chi connectivity index (χ1) is 29.5. The molecule has 9 heteroatoms. The van der Waals surface area contributed by atoms with Crippen LogP contribution in [0.15, 0.2) is 12.2 Å². The summed E-state index contributed by atoms with van der Waals surface area (Å²) in [5, 5.41) is 13.8. The molecule has 0 aromatic rings. The largest absolute Gasteiger partial charge is 0.756 e. The molecule has 0 saturated heterocycles. The van der Waals surface area contributed by atoms with E-state index < -0.39 is 20.0 Å². The molecule has 0 radical (unpaired) electrons. The van der Waals surface area contributed by atoms with Gasteiger partial charge in [0.15, 0.2) is 0 Å². The summed E-state index contributed by atoms with van der Waals surface area (Å²) in [6.45, 7) is 4.69. The highest BCUT2D eigenvalue weighted by Crippen LogP contribution is 2.38. The van der Waals surface area contributed by atoms with Gasteiger partial charge in [0, 0.05) is 6.42 Å². The highest BCUT2D eigenvalue weighted by molar-refractivity contribution is 7.45. The molecular formula is C52H105N2O6P. The summed E-state index contributed by atoms with van der Waals surface area (Å²) in [6.07, 6.45) is 52.7. The quantitative estimate of drug-likeness (QED) is 0.0273. The first-order valence-electron chi connectivity index (χ1n) is 26.6. The molecule has 1 unspecified atom stereocenters. The van der Waals surface area contributed by atoms with Crippen molar-refractivity contribution < 1.29 is 32.9 Å². The standard InChI is InChI=1S/C52H105N2O6P/c1-6-8-10-12-14-16-18-20-22-24-25-26-27-28-29-30-32-34-36-38-40-42-44-46-52(56)53-50(49-60-61(57,58)59-48-47-54(3,4)5)51(55)45-43-41-39-37-35-33-31-23-21-19-17-15-13-11-9-7-2/h43,45,50-51,55H,6-42,44,46-49H2,1-5H3,(H-,53,56,57,58)/b45-43+/t50-,51+/m0/s1. The second-order valence-electron chi connectivity index (χ2n) is 19.6. The number of aliphatic hydroxyl groups excluding tert-OH is 1. The van der Waals surface area contributed by atoms with Gasteiger partial charge in [0.2, 0.25) is 5.91 Å². The van der Waals surface area contributed by atoms with E-state index >= 15 is 0 Å². The molecule has 0 saturated carbocycles. The molecule has 2 N–H and O–H groups in total. The Morgan fingerprint density at radius 2 is 0.885 bits per heavy atom. The molecule has 0 aromatic heterocycles. The van der Waals surface area contributed by atoms with E-state index in [1.807, 2.05) is 27.2 Å². The van der Waals surface area contributed by atoms with E-state index in [0.717, 1.165) is 38.5 Å². The highest BCUT2D eigenvalue weighted by atomic mass is 31.2. The predicted octanol–water partition coefficient (Wildman–Crippen LogP) is 14.8. The molecule has 61 heavy (non-hydrogen) atoms. The molecule has 0 bridgehead atoms. The number of quaternary nitrogens is 1. The summed E-state index contributed by atoms with van der Waals surface area (Å²) in [7, 11) is 1.28. The number of amides is 1. The number of carbonyl (C=O) groups is 1. The molecule has 0 fully saturated rings. The van der Waals surface area contributed by atoms with E-state index in [9.17, 15) is 19.4 Å². The Morgan fingerprint density at radius 1 is 0.557 bits per heavy atom. The molecule has 0 heterocycles. The average Bonchev–Trinajstić information content (AvgIpc) is 3.21. The summed E-state index contributed by atoms with van der Waals surface area (Å²) in [5.41, 5.74) is 0. The summed E-state index contributed by atoms with van der Waals surface area (Å²) < 4.78 is 23.3. The van der Waals surface area contributed by atoms with Crippen molar-refractivity contribution in [2.75, 3.05) is 40.9 Å². The molecule has 0 aliphatic heterocycles. The van der Waals surface area contributed by atoms with Crippen LogP contribution < -0.4 is 10.2 Å². The molecule has 0 aliphatic rings. The van der Waals surface area contributed by atoms with Crippen molar-refractivity contribution in [2.24, 2.45) is 0 Å². The van der Waals surface area contributed by atoms with Gasteiger partial charge in [-0.15, -0.1) is 0 Å². The number of nitrogens with one attached hydrogen (secondary N) is 1. The number of phosphoric ester groups is 1. The van der Waals surface area contributed by atoms with Gasteiger partial charge in [-0.2, -0.15) is 0 Å². The van der Waals surface area contributed by atoms with Crippen LogP contribution in [-0.4, -0.2) is 68.5 Å². The second-order valence-corrected chi connectivity index (χ2v) is 21.0. The lowest BCUT2D eigenvalue weighted by Crippen LogP contribution is -2.45. The van der Waals surface area contributed by atoms with Crippen molar-refractivity contribution in [3.63, 3.8) is 0 Å². The molecule has 1 amide bonds. The van der Waals surface area contributed by atoms with Crippen LogP contribution in [0.2, 0.25) is 0 Å². The molecule has 0 spiro atoms. The highest BCUT2D eigenvalue weighted by Gasteiger charge is 2.23. The fourth-order valence-electron chi connectivity index (χ4n) is 8.04. The number of hydrogen-bond acceptors (Lipinski definition) is 6. The summed E-state index contributed by atoms with van der Waals surface area (Å²) >= 11 is 0. The van der Waals surface area contributed by atoms with Crippen LogP contribution in [0.1, 0.15) is 264 Å². The maximum Gasteiger partial charge on any atom is 0.268 e. The number of aliphatic hydroxyl groups is 1. The Labute approximate surface area is 380 Å². The maximum absolute atomic E-state index is 12.9. The van der Waals surface area contributed by atoms with Gasteiger partial charge < -0.3 is 28.8 Å². The molecule has 364 valence electrons. The third kappa shape index (κ3) is 47.0. The van der Waals surface area contributed by atoms with E-state index in [1.165, 1.54) is 205 Å². The van der Waals surface area contributed by atoms with E-state index in [4.69, 9.17) is 9.05 Å². The van der Waals surface area contributed by atoms with Gasteiger partial charge in [0.1, 0.15) is 13.2 Å². The first-order valence-corrected chi connectivity index (χ1v) is 28.0. The molecule has 0 aromatic carbocycles. The summed E-state index contributed by atoms with van der Waals surface area (Å²) in [6, 6.07) is -0.881. The van der Waals surface area contributed by atoms with Gasteiger partial charge in [-0.25, -0.2) is 0 Å². The Kier molecular flexibility index (Phi) is 43.9. The van der Waals surface area contributed by atoms with Crippen LogP contribution in [0, 0.1) is 0 Å². The van der Waals surface area contributed by atoms with Gasteiger partial charge >= 0.3 is 0 Å². The maximum atomic E-state index is 12.9. The third-order valence-electron chi connectivity index (χ3n) is 12.2. The van der Waals surface area contributed by atoms with Gasteiger partial charge in [-0.3, -0.25) is 9.36 Å². The minimum Gasteiger partial charge on any atom is -0.756 e. The Balaban J connectivity index is 4.21. The van der Waals surface area contributed by atoms with Crippen LogP contribution >= 0.6 is 7.82 Å². The topological polar surface area (TPSA) is 108 Å². The molecule has 3 atom stereocenters. The summed E-state index contributed by atoms with van der Waals surface area (Å²) in [5.74, 6) is -0.191. The van der Waals surface area contributed by atoms with Crippen LogP contribution in [0.3, 0.4) is 0 Å². The Morgan fingerprint density at radius 3 is 1.23 bits per heavy atom. The monoisotopic (exact) mass is 885 g/mol. The molecule has 8 nitrogen and oxygen atoms in total. The average molecular weight is 885 g/mol. The Bertz CT molecular complexity index is 1000. The fraction of sp³-hybridized carbons (Fsp3) is 0.942. The number of nitrogens with zero attached hydrogens (tertiary/aromatic N) is 1. The van der Waals surface area contributed by atoms with E-state index in [-0.39, 0.29) is 19.1 Å². The number of likely N-dealkylation sites (N-methyl/N-ethyl adjacent to an activating group) is 1. The number of hydrogen-bond donors (Lipinski definition) is 2. The number of allylic oxidation sites excluding steroid dienone is 1. The van der Waals surface area contributed by atoms with Crippen molar-refractivity contribution in [3.8, 4) is 0 Å². The van der Waals surface area contributed by atoms with Gasteiger partial charge in [-0.05, 0) is 19.3 Å². The molecule has 0 aliphatic carbocycles. The molecular weight excluding hydrogens is 780 g/mol.